The van der Waals surface area contributed by atoms with Gasteiger partial charge in [0.2, 0.25) is 0 Å². The Morgan fingerprint density at radius 3 is 1.92 bits per heavy atom. The fraction of sp³-hybridized carbons (Fsp3) is 0.238. The second-order valence-corrected chi connectivity index (χ2v) is 10.2. The third kappa shape index (κ3) is 3.50. The Bertz CT molecular complexity index is 744. The number of allylic oxidation sites excluding steroid dienone is 4. The van der Waals surface area contributed by atoms with Crippen LogP contribution in [0.5, 0.6) is 0 Å². The molecule has 0 amide bonds. The van der Waals surface area contributed by atoms with Crippen LogP contribution in [0.3, 0.4) is 0 Å². The third-order valence-electron chi connectivity index (χ3n) is 4.73. The topological polar surface area (TPSA) is 0 Å². The van der Waals surface area contributed by atoms with Gasteiger partial charge in [0.25, 0.3) is 0 Å². The van der Waals surface area contributed by atoms with E-state index in [4.69, 9.17) is 0 Å². The molecular formula is C21H20Cl2Zr. The summed E-state index contributed by atoms with van der Waals surface area (Å²) in [7, 11) is 0. The van der Waals surface area contributed by atoms with Crippen molar-refractivity contribution in [1.29, 1.82) is 0 Å². The summed E-state index contributed by atoms with van der Waals surface area (Å²) in [6.07, 6.45) is 6.18. The van der Waals surface area contributed by atoms with Crippen LogP contribution in [0.4, 0.5) is 0 Å². The minimum Gasteiger partial charge on any atom is -1.00 e. The summed E-state index contributed by atoms with van der Waals surface area (Å²) in [4.78, 5) is 0. The second-order valence-electron chi connectivity index (χ2n) is 6.48. The van der Waals surface area contributed by atoms with Crippen molar-refractivity contribution in [3.63, 3.8) is 0 Å². The van der Waals surface area contributed by atoms with Crippen molar-refractivity contribution in [3.8, 4) is 11.1 Å². The van der Waals surface area contributed by atoms with Crippen LogP contribution in [0.25, 0.3) is 11.1 Å². The number of hydrogen-bond acceptors (Lipinski definition) is 0. The van der Waals surface area contributed by atoms with Crippen molar-refractivity contribution >= 4 is 0 Å². The first-order valence-corrected chi connectivity index (χ1v) is 10.7. The average Bonchev–Trinajstić information content (AvgIpc) is 3.13. The third-order valence-corrected chi connectivity index (χ3v) is 8.74. The Balaban J connectivity index is 0.00000104. The van der Waals surface area contributed by atoms with Gasteiger partial charge in [-0.05, 0) is 0 Å². The van der Waals surface area contributed by atoms with Gasteiger partial charge >= 0.3 is 145 Å². The number of fused-ring (bicyclic) bond motifs is 3. The molecule has 122 valence electrons. The molecule has 0 spiro atoms. The average molecular weight is 435 g/mol. The van der Waals surface area contributed by atoms with Gasteiger partial charge in [0.1, 0.15) is 0 Å². The Kier molecular flexibility index (Phi) is 6.71. The van der Waals surface area contributed by atoms with Crippen molar-refractivity contribution in [2.75, 3.05) is 0 Å². The Morgan fingerprint density at radius 1 is 0.875 bits per heavy atom. The Morgan fingerprint density at radius 2 is 1.42 bits per heavy atom. The van der Waals surface area contributed by atoms with Crippen LogP contribution >= 0.6 is 0 Å². The maximum atomic E-state index is 2.51. The Hall–Kier alpha value is -0.617. The quantitative estimate of drug-likeness (QED) is 0.624. The molecule has 0 unspecified atom stereocenters. The molecule has 2 aromatic rings. The van der Waals surface area contributed by atoms with Gasteiger partial charge in [-0.25, -0.2) is 0 Å². The number of rotatable bonds is 3. The summed E-state index contributed by atoms with van der Waals surface area (Å²) in [5, 5.41) is 0. The van der Waals surface area contributed by atoms with Gasteiger partial charge in [-0.3, -0.25) is 0 Å². The van der Waals surface area contributed by atoms with Crippen LogP contribution in [0, 0.1) is 5.92 Å². The number of benzene rings is 2. The first-order valence-electron chi connectivity index (χ1n) is 8.09. The summed E-state index contributed by atoms with van der Waals surface area (Å²) in [6.45, 7) is 4.60. The van der Waals surface area contributed by atoms with E-state index in [1.54, 1.807) is 20.0 Å². The minimum absolute atomic E-state index is 0. The van der Waals surface area contributed by atoms with Gasteiger partial charge in [0, 0.05) is 0 Å². The maximum Gasteiger partial charge on any atom is -1.00 e. The minimum atomic E-state index is -0.635. The SMILES string of the molecule is CC(C)C1=CC[C]([Zr+2][CH]2c3ccccc3-c3ccccc32)=C1.[Cl-].[Cl-]. The first kappa shape index (κ1) is 19.7. The van der Waals surface area contributed by atoms with Gasteiger partial charge in [0.15, 0.2) is 0 Å². The number of halogens is 2. The predicted molar refractivity (Wildman–Crippen MR) is 89.3 cm³/mol. The zero-order valence-electron chi connectivity index (χ0n) is 13.9. The molecule has 0 saturated carbocycles. The van der Waals surface area contributed by atoms with Crippen molar-refractivity contribution in [2.45, 2.75) is 23.9 Å². The fourth-order valence-electron chi connectivity index (χ4n) is 3.55. The smallest absolute Gasteiger partial charge is 1.00 e. The van der Waals surface area contributed by atoms with E-state index in [9.17, 15) is 0 Å². The molecule has 0 aromatic heterocycles. The van der Waals surface area contributed by atoms with Crippen LogP contribution in [0.15, 0.2) is 69.5 Å². The zero-order valence-corrected chi connectivity index (χ0v) is 17.9. The summed E-state index contributed by atoms with van der Waals surface area (Å²) in [5.74, 6) is 0.667. The molecule has 0 fully saturated rings. The van der Waals surface area contributed by atoms with Crippen molar-refractivity contribution in [1.82, 2.24) is 0 Å². The maximum absolute atomic E-state index is 2.51. The standard InChI is InChI=1S/C13H9.C8H11.2ClH.Zr/c1-3-7-12-10(5-1)9-11-6-2-4-8-13(11)12;1-7(2)8-5-3-4-6-8;;;/h1-9H;5-7H,3H2,1-2H3;2*1H;/q;;;;+2/p-2. The van der Waals surface area contributed by atoms with Gasteiger partial charge in [-0.2, -0.15) is 0 Å². The van der Waals surface area contributed by atoms with Crippen LogP contribution < -0.4 is 24.8 Å². The molecule has 0 heterocycles. The molecule has 0 N–H and O–H groups in total. The van der Waals surface area contributed by atoms with Crippen LogP contribution in [0.1, 0.15) is 35.0 Å². The summed E-state index contributed by atoms with van der Waals surface area (Å²) in [5.41, 5.74) is 7.65. The zero-order chi connectivity index (χ0) is 15.1. The molecule has 0 aliphatic heterocycles. The normalized spacial score (nSPS) is 14.8. The van der Waals surface area contributed by atoms with E-state index < -0.39 is 23.2 Å². The van der Waals surface area contributed by atoms with E-state index in [0.717, 1.165) is 0 Å². The molecule has 0 radical (unpaired) electrons. The number of hydrogen-bond donors (Lipinski definition) is 0. The summed E-state index contributed by atoms with van der Waals surface area (Å²) in [6, 6.07) is 18.1. The first-order chi connectivity index (χ1) is 10.7. The van der Waals surface area contributed by atoms with Crippen molar-refractivity contribution in [3.05, 3.63) is 80.7 Å². The molecule has 24 heavy (non-hydrogen) atoms. The predicted octanol–water partition coefficient (Wildman–Crippen LogP) is -0.283. The Labute approximate surface area is 168 Å². The van der Waals surface area contributed by atoms with Gasteiger partial charge in [-0.1, -0.05) is 0 Å². The van der Waals surface area contributed by atoms with Crippen LogP contribution in [0.2, 0.25) is 0 Å². The largest absolute Gasteiger partial charge is 1.00 e. The van der Waals surface area contributed by atoms with E-state index in [2.05, 4.69) is 74.5 Å². The molecule has 0 nitrogen and oxygen atoms in total. The molecule has 3 heteroatoms. The molecule has 0 atom stereocenters. The summed E-state index contributed by atoms with van der Waals surface area (Å²) >= 11 is -0.635. The van der Waals surface area contributed by atoms with E-state index in [0.29, 0.717) is 9.54 Å². The van der Waals surface area contributed by atoms with E-state index in [1.807, 2.05) is 0 Å². The van der Waals surface area contributed by atoms with E-state index in [1.165, 1.54) is 17.5 Å². The molecule has 0 saturated heterocycles. The molecule has 2 aliphatic rings. The molecular weight excluding hydrogens is 414 g/mol. The van der Waals surface area contributed by atoms with Gasteiger partial charge in [-0.15, -0.1) is 0 Å². The van der Waals surface area contributed by atoms with Gasteiger partial charge < -0.3 is 24.8 Å². The van der Waals surface area contributed by atoms with E-state index >= 15 is 0 Å². The van der Waals surface area contributed by atoms with Crippen LogP contribution in [-0.4, -0.2) is 0 Å². The molecule has 0 bridgehead atoms. The molecule has 4 rings (SSSR count). The molecule has 2 aliphatic carbocycles. The van der Waals surface area contributed by atoms with Gasteiger partial charge in [0.05, 0.1) is 0 Å². The van der Waals surface area contributed by atoms with Crippen molar-refractivity contribution < 1.29 is 48.0 Å². The van der Waals surface area contributed by atoms with Crippen molar-refractivity contribution in [2.24, 2.45) is 5.92 Å². The second kappa shape index (κ2) is 8.17. The summed E-state index contributed by atoms with van der Waals surface area (Å²) < 4.78 is 2.45. The fourth-order valence-corrected chi connectivity index (χ4v) is 7.61. The van der Waals surface area contributed by atoms with E-state index in [-0.39, 0.29) is 24.8 Å². The monoisotopic (exact) mass is 432 g/mol. The van der Waals surface area contributed by atoms with Crippen LogP contribution in [-0.2, 0) is 23.2 Å². The molecule has 2 aromatic carbocycles.